The van der Waals surface area contributed by atoms with Crippen molar-refractivity contribution < 1.29 is 9.53 Å². The second-order valence-electron chi connectivity index (χ2n) is 1.75. The van der Waals surface area contributed by atoms with Gasteiger partial charge in [-0.15, -0.1) is 0 Å². The van der Waals surface area contributed by atoms with E-state index in [1.807, 2.05) is 0 Å². The standard InChI is InChI=1S/C4H5NO2S/c6-3-5-1-2-8-4(5)7-3/h4H,1-2H2/t4-/m1/s1. The van der Waals surface area contributed by atoms with Gasteiger partial charge in [0.15, 0.2) is 0 Å². The van der Waals surface area contributed by atoms with Crippen LogP contribution < -0.4 is 0 Å². The van der Waals surface area contributed by atoms with E-state index in [1.165, 1.54) is 0 Å². The van der Waals surface area contributed by atoms with Gasteiger partial charge in [0.05, 0.1) is 0 Å². The molecule has 2 saturated heterocycles. The first-order valence-electron chi connectivity index (χ1n) is 2.47. The maximum Gasteiger partial charge on any atom is 0.415 e. The van der Waals surface area contributed by atoms with Crippen molar-refractivity contribution in [3.05, 3.63) is 0 Å². The summed E-state index contributed by atoms with van der Waals surface area (Å²) in [4.78, 5) is 12.1. The van der Waals surface area contributed by atoms with E-state index in [2.05, 4.69) is 0 Å². The first kappa shape index (κ1) is 4.49. The summed E-state index contributed by atoms with van der Waals surface area (Å²) >= 11 is 1.68. The van der Waals surface area contributed by atoms with Crippen molar-refractivity contribution in [3.63, 3.8) is 0 Å². The van der Waals surface area contributed by atoms with Crippen molar-refractivity contribution in [2.45, 2.75) is 5.56 Å². The Morgan fingerprint density at radius 1 is 1.88 bits per heavy atom. The third-order valence-electron chi connectivity index (χ3n) is 1.28. The van der Waals surface area contributed by atoms with E-state index >= 15 is 0 Å². The van der Waals surface area contributed by atoms with E-state index in [1.54, 1.807) is 16.7 Å². The van der Waals surface area contributed by atoms with Crippen LogP contribution in [0.1, 0.15) is 0 Å². The molecule has 1 amide bonds. The van der Waals surface area contributed by atoms with Gasteiger partial charge >= 0.3 is 6.09 Å². The van der Waals surface area contributed by atoms with Gasteiger partial charge in [-0.05, 0) is 0 Å². The molecule has 44 valence electrons. The molecule has 2 rings (SSSR count). The van der Waals surface area contributed by atoms with Crippen LogP contribution in [0.4, 0.5) is 4.79 Å². The summed E-state index contributed by atoms with van der Waals surface area (Å²) in [7, 11) is 0. The number of hydrogen-bond acceptors (Lipinski definition) is 3. The van der Waals surface area contributed by atoms with E-state index in [0.29, 0.717) is 0 Å². The maximum absolute atomic E-state index is 10.4. The van der Waals surface area contributed by atoms with Crippen LogP contribution in [0.3, 0.4) is 0 Å². The fourth-order valence-corrected chi connectivity index (χ4v) is 1.85. The van der Waals surface area contributed by atoms with Crippen molar-refractivity contribution in [2.75, 3.05) is 12.3 Å². The molecule has 0 bridgehead atoms. The van der Waals surface area contributed by atoms with Crippen LogP contribution in [0.5, 0.6) is 0 Å². The predicted molar refractivity (Wildman–Crippen MR) is 29.4 cm³/mol. The number of nitrogens with zero attached hydrogens (tertiary/aromatic N) is 1. The lowest BCUT2D eigenvalue weighted by Crippen LogP contribution is -2.48. The molecule has 0 radical (unpaired) electrons. The topological polar surface area (TPSA) is 29.5 Å². The van der Waals surface area contributed by atoms with Crippen molar-refractivity contribution >= 4 is 17.9 Å². The summed E-state index contributed by atoms with van der Waals surface area (Å²) in [5.74, 6) is 1.02. The van der Waals surface area contributed by atoms with E-state index in [-0.39, 0.29) is 11.7 Å². The number of hydrogen-bond donors (Lipinski definition) is 0. The Hall–Kier alpha value is -0.380. The number of fused-ring (bicyclic) bond motifs is 1. The van der Waals surface area contributed by atoms with Crippen LogP contribution in [0, 0.1) is 0 Å². The van der Waals surface area contributed by atoms with Crippen LogP contribution in [-0.4, -0.2) is 28.9 Å². The number of thioether (sulfide) groups is 1. The number of rotatable bonds is 0. The van der Waals surface area contributed by atoms with Crippen LogP contribution in [-0.2, 0) is 4.74 Å². The van der Waals surface area contributed by atoms with Gasteiger partial charge in [-0.1, -0.05) is 11.8 Å². The molecular formula is C4H5NO2S. The van der Waals surface area contributed by atoms with E-state index < -0.39 is 0 Å². The van der Waals surface area contributed by atoms with Crippen molar-refractivity contribution in [1.29, 1.82) is 0 Å². The smallest absolute Gasteiger partial charge is 0.415 e. The lowest BCUT2D eigenvalue weighted by atomic mass is 10.6. The van der Waals surface area contributed by atoms with Gasteiger partial charge in [0.1, 0.15) is 0 Å². The van der Waals surface area contributed by atoms with Crippen LogP contribution in [0.25, 0.3) is 0 Å². The molecule has 4 heteroatoms. The van der Waals surface area contributed by atoms with Crippen LogP contribution in [0.15, 0.2) is 0 Å². The molecule has 0 aromatic carbocycles. The van der Waals surface area contributed by atoms with Gasteiger partial charge < -0.3 is 4.74 Å². The van der Waals surface area contributed by atoms with Gasteiger partial charge in [0, 0.05) is 12.3 Å². The fraction of sp³-hybridized carbons (Fsp3) is 0.750. The second kappa shape index (κ2) is 1.31. The molecule has 0 unspecified atom stereocenters. The normalized spacial score (nSPS) is 33.8. The van der Waals surface area contributed by atoms with E-state index in [4.69, 9.17) is 4.74 Å². The Labute approximate surface area is 51.0 Å². The molecule has 3 nitrogen and oxygen atoms in total. The highest BCUT2D eigenvalue weighted by atomic mass is 32.2. The molecule has 2 aliphatic heterocycles. The first-order chi connectivity index (χ1) is 3.88. The molecule has 2 fully saturated rings. The third kappa shape index (κ3) is 0.386. The Morgan fingerprint density at radius 3 is 3.25 bits per heavy atom. The molecule has 8 heavy (non-hydrogen) atoms. The Kier molecular flexibility index (Phi) is 0.738. The van der Waals surface area contributed by atoms with Gasteiger partial charge in [-0.2, -0.15) is 0 Å². The Morgan fingerprint density at radius 2 is 2.75 bits per heavy atom. The second-order valence-corrected chi connectivity index (χ2v) is 2.90. The fourth-order valence-electron chi connectivity index (χ4n) is 0.827. The first-order valence-corrected chi connectivity index (χ1v) is 3.52. The monoisotopic (exact) mass is 131 g/mol. The summed E-state index contributed by atoms with van der Waals surface area (Å²) in [5, 5.41) is 0. The van der Waals surface area contributed by atoms with Crippen molar-refractivity contribution in [3.8, 4) is 0 Å². The van der Waals surface area contributed by atoms with Crippen molar-refractivity contribution in [2.24, 2.45) is 0 Å². The predicted octanol–water partition coefficient (Wildman–Crippen LogP) is 0.469. The zero-order valence-electron chi connectivity index (χ0n) is 4.16. The zero-order chi connectivity index (χ0) is 5.56. The van der Waals surface area contributed by atoms with Crippen LogP contribution in [0.2, 0.25) is 0 Å². The van der Waals surface area contributed by atoms with Gasteiger partial charge in [-0.3, -0.25) is 4.90 Å². The Balaban J connectivity index is 2.11. The Bertz CT molecular complexity index is 138. The molecule has 2 heterocycles. The highest BCUT2D eigenvalue weighted by Gasteiger charge is 2.42. The minimum Gasteiger partial charge on any atom is -0.415 e. The third-order valence-corrected chi connectivity index (χ3v) is 2.34. The van der Waals surface area contributed by atoms with Gasteiger partial charge in [0.2, 0.25) is 5.56 Å². The van der Waals surface area contributed by atoms with E-state index in [0.717, 1.165) is 12.3 Å². The minimum atomic E-state index is -0.153. The molecule has 0 saturated carbocycles. The summed E-state index contributed by atoms with van der Waals surface area (Å²) < 4.78 is 4.71. The van der Waals surface area contributed by atoms with E-state index in [9.17, 15) is 4.79 Å². The average molecular weight is 131 g/mol. The minimum absolute atomic E-state index is 0.0718. The van der Waals surface area contributed by atoms with Crippen LogP contribution >= 0.6 is 11.8 Å². The lowest BCUT2D eigenvalue weighted by Gasteiger charge is -2.32. The quantitative estimate of drug-likeness (QED) is 0.478. The SMILES string of the molecule is O=C1O[C@@H]2SCCN12. The van der Waals surface area contributed by atoms with Gasteiger partial charge in [0.25, 0.3) is 0 Å². The lowest BCUT2D eigenvalue weighted by molar-refractivity contribution is -0.0327. The zero-order valence-corrected chi connectivity index (χ0v) is 4.98. The highest BCUT2D eigenvalue weighted by molar-refractivity contribution is 8.00. The molecule has 2 aliphatic rings. The average Bonchev–Trinajstić information content (AvgIpc) is 2.09. The highest BCUT2D eigenvalue weighted by Crippen LogP contribution is 2.32. The summed E-state index contributed by atoms with van der Waals surface area (Å²) in [6, 6.07) is 0. The molecule has 0 N–H and O–H groups in total. The summed E-state index contributed by atoms with van der Waals surface area (Å²) in [5.41, 5.74) is 0.0718. The molecule has 0 spiro atoms. The molecule has 0 aromatic rings. The summed E-state index contributed by atoms with van der Waals surface area (Å²) in [6.45, 7) is 0.869. The molecular weight excluding hydrogens is 126 g/mol. The molecule has 0 aromatic heterocycles. The summed E-state index contributed by atoms with van der Waals surface area (Å²) in [6.07, 6.45) is -0.153. The van der Waals surface area contributed by atoms with Crippen molar-refractivity contribution in [1.82, 2.24) is 4.90 Å². The molecule has 1 atom stereocenters. The number of amides is 1. The number of carbonyl (C=O) groups is 1. The molecule has 0 aliphatic carbocycles. The maximum atomic E-state index is 10.4. The largest absolute Gasteiger partial charge is 0.415 e. The number of ether oxygens (including phenoxy) is 1. The van der Waals surface area contributed by atoms with Gasteiger partial charge in [-0.25, -0.2) is 4.79 Å². The number of carbonyl (C=O) groups excluding carboxylic acids is 1.